The predicted molar refractivity (Wildman–Crippen MR) is 72.3 cm³/mol. The smallest absolute Gasteiger partial charge is 0.160 e. The van der Waals surface area contributed by atoms with Crippen molar-refractivity contribution < 1.29 is 0 Å². The molecule has 0 aromatic carbocycles. The molecule has 2 aromatic rings. The summed E-state index contributed by atoms with van der Waals surface area (Å²) in [6.07, 6.45) is 0.848. The van der Waals surface area contributed by atoms with Gasteiger partial charge in [-0.1, -0.05) is 0 Å². The Morgan fingerprint density at radius 2 is 1.76 bits per heavy atom. The van der Waals surface area contributed by atoms with Crippen LogP contribution in [0.1, 0.15) is 22.5 Å². The maximum absolute atomic E-state index is 5.60. The zero-order valence-electron chi connectivity index (χ0n) is 10.4. The van der Waals surface area contributed by atoms with Crippen molar-refractivity contribution in [3.05, 3.63) is 33.3 Å². The van der Waals surface area contributed by atoms with Crippen LogP contribution in [0.25, 0.3) is 11.4 Å². The molecular formula is C13H17N3S. The first kappa shape index (κ1) is 12.2. The zero-order chi connectivity index (χ0) is 12.4. The highest BCUT2D eigenvalue weighted by Crippen LogP contribution is 2.25. The molecule has 0 atom stereocenters. The molecule has 0 saturated carbocycles. The first-order chi connectivity index (χ1) is 8.13. The minimum Gasteiger partial charge on any atom is -0.330 e. The van der Waals surface area contributed by atoms with Crippen LogP contribution in [0.2, 0.25) is 0 Å². The second-order valence-electron chi connectivity index (χ2n) is 4.20. The van der Waals surface area contributed by atoms with Crippen LogP contribution in [0.4, 0.5) is 0 Å². The largest absolute Gasteiger partial charge is 0.330 e. The molecule has 2 heterocycles. The average Bonchev–Trinajstić information content (AvgIpc) is 2.69. The lowest BCUT2D eigenvalue weighted by molar-refractivity contribution is 0.898. The van der Waals surface area contributed by atoms with Crippen molar-refractivity contribution in [3.8, 4) is 11.4 Å². The lowest BCUT2D eigenvalue weighted by atomic mass is 10.1. The van der Waals surface area contributed by atoms with Crippen LogP contribution in [0.5, 0.6) is 0 Å². The topological polar surface area (TPSA) is 51.8 Å². The van der Waals surface area contributed by atoms with Gasteiger partial charge in [-0.3, -0.25) is 0 Å². The third-order valence-corrected chi connectivity index (χ3v) is 3.77. The van der Waals surface area contributed by atoms with Crippen molar-refractivity contribution in [2.24, 2.45) is 5.73 Å². The van der Waals surface area contributed by atoms with Crippen molar-refractivity contribution in [1.29, 1.82) is 0 Å². The third kappa shape index (κ3) is 2.37. The summed E-state index contributed by atoms with van der Waals surface area (Å²) in [6.45, 7) is 6.80. The standard InChI is InChI=1S/C13H17N3S/c1-8-6-17-7-12(8)13-15-9(2)11(4-5-14)10(3)16-13/h6-7H,4-5,14H2,1-3H3. The molecule has 3 nitrogen and oxygen atoms in total. The number of nitrogens with zero attached hydrogens (tertiary/aromatic N) is 2. The molecule has 17 heavy (non-hydrogen) atoms. The van der Waals surface area contributed by atoms with E-state index in [2.05, 4.69) is 27.7 Å². The molecule has 0 unspecified atom stereocenters. The molecule has 0 bridgehead atoms. The van der Waals surface area contributed by atoms with Crippen molar-refractivity contribution in [2.45, 2.75) is 27.2 Å². The molecule has 0 amide bonds. The van der Waals surface area contributed by atoms with Crippen LogP contribution in [0.3, 0.4) is 0 Å². The monoisotopic (exact) mass is 247 g/mol. The molecule has 0 aliphatic heterocycles. The van der Waals surface area contributed by atoms with Gasteiger partial charge in [-0.05, 0) is 50.2 Å². The van der Waals surface area contributed by atoms with E-state index in [1.807, 2.05) is 13.8 Å². The number of hydrogen-bond acceptors (Lipinski definition) is 4. The van der Waals surface area contributed by atoms with E-state index >= 15 is 0 Å². The summed E-state index contributed by atoms with van der Waals surface area (Å²) in [7, 11) is 0. The second-order valence-corrected chi connectivity index (χ2v) is 4.95. The van der Waals surface area contributed by atoms with E-state index in [0.29, 0.717) is 6.54 Å². The van der Waals surface area contributed by atoms with Gasteiger partial charge in [0.15, 0.2) is 5.82 Å². The van der Waals surface area contributed by atoms with E-state index < -0.39 is 0 Å². The van der Waals surface area contributed by atoms with E-state index in [0.717, 1.165) is 29.2 Å². The van der Waals surface area contributed by atoms with Crippen LogP contribution in [-0.2, 0) is 6.42 Å². The summed E-state index contributed by atoms with van der Waals surface area (Å²) in [5.74, 6) is 0.833. The van der Waals surface area contributed by atoms with E-state index in [1.165, 1.54) is 11.1 Å². The summed E-state index contributed by atoms with van der Waals surface area (Å²) in [4.78, 5) is 9.19. The Morgan fingerprint density at radius 3 is 2.24 bits per heavy atom. The molecule has 2 rings (SSSR count). The second kappa shape index (κ2) is 4.94. The lowest BCUT2D eigenvalue weighted by Gasteiger charge is -2.09. The molecular weight excluding hydrogens is 230 g/mol. The molecule has 0 fully saturated rings. The summed E-state index contributed by atoms with van der Waals surface area (Å²) < 4.78 is 0. The Balaban J connectivity index is 2.49. The minimum absolute atomic E-state index is 0.641. The van der Waals surface area contributed by atoms with Gasteiger partial charge < -0.3 is 5.73 Å². The van der Waals surface area contributed by atoms with Crippen LogP contribution in [-0.4, -0.2) is 16.5 Å². The molecule has 0 aliphatic carbocycles. The average molecular weight is 247 g/mol. The number of aromatic nitrogens is 2. The highest BCUT2D eigenvalue weighted by Gasteiger charge is 2.11. The molecule has 2 N–H and O–H groups in total. The summed E-state index contributed by atoms with van der Waals surface area (Å²) in [5.41, 5.74) is 11.3. The Kier molecular flexibility index (Phi) is 3.54. The van der Waals surface area contributed by atoms with Gasteiger partial charge in [0.2, 0.25) is 0 Å². The number of rotatable bonds is 3. The maximum atomic E-state index is 5.60. The quantitative estimate of drug-likeness (QED) is 0.907. The van der Waals surface area contributed by atoms with Crippen molar-refractivity contribution in [1.82, 2.24) is 9.97 Å². The fourth-order valence-electron chi connectivity index (χ4n) is 1.96. The molecule has 0 saturated heterocycles. The van der Waals surface area contributed by atoms with Gasteiger partial charge in [0.05, 0.1) is 0 Å². The Bertz CT molecular complexity index is 508. The number of hydrogen-bond donors (Lipinski definition) is 1. The first-order valence-electron chi connectivity index (χ1n) is 5.70. The first-order valence-corrected chi connectivity index (χ1v) is 6.65. The minimum atomic E-state index is 0.641. The summed E-state index contributed by atoms with van der Waals surface area (Å²) >= 11 is 1.69. The fraction of sp³-hybridized carbons (Fsp3) is 0.385. The van der Waals surface area contributed by atoms with Crippen molar-refractivity contribution >= 4 is 11.3 Å². The molecule has 0 spiro atoms. The number of nitrogens with two attached hydrogens (primary N) is 1. The Morgan fingerprint density at radius 1 is 1.12 bits per heavy atom. The zero-order valence-corrected chi connectivity index (χ0v) is 11.3. The lowest BCUT2D eigenvalue weighted by Crippen LogP contribution is -2.09. The van der Waals surface area contributed by atoms with Crippen LogP contribution in [0.15, 0.2) is 10.8 Å². The molecule has 0 aliphatic rings. The SMILES string of the molecule is Cc1cscc1-c1nc(C)c(CCN)c(C)n1. The molecule has 4 heteroatoms. The Hall–Kier alpha value is -1.26. The fourth-order valence-corrected chi connectivity index (χ4v) is 2.78. The highest BCUT2D eigenvalue weighted by molar-refractivity contribution is 7.08. The molecule has 90 valence electrons. The van der Waals surface area contributed by atoms with Gasteiger partial charge in [-0.2, -0.15) is 11.3 Å². The Labute approximate surface area is 106 Å². The maximum Gasteiger partial charge on any atom is 0.160 e. The number of thiophene rings is 1. The highest BCUT2D eigenvalue weighted by atomic mass is 32.1. The van der Waals surface area contributed by atoms with Crippen LogP contribution >= 0.6 is 11.3 Å². The van der Waals surface area contributed by atoms with Gasteiger partial charge in [0.1, 0.15) is 0 Å². The molecule has 0 radical (unpaired) electrons. The van der Waals surface area contributed by atoms with E-state index in [4.69, 9.17) is 5.73 Å². The van der Waals surface area contributed by atoms with E-state index in [-0.39, 0.29) is 0 Å². The van der Waals surface area contributed by atoms with Gasteiger partial charge >= 0.3 is 0 Å². The van der Waals surface area contributed by atoms with Gasteiger partial charge in [-0.25, -0.2) is 9.97 Å². The summed E-state index contributed by atoms with van der Waals surface area (Å²) in [5, 5.41) is 4.23. The predicted octanol–water partition coefficient (Wildman–Crippen LogP) is 2.63. The van der Waals surface area contributed by atoms with Crippen LogP contribution < -0.4 is 5.73 Å². The van der Waals surface area contributed by atoms with Gasteiger partial charge in [0.25, 0.3) is 0 Å². The summed E-state index contributed by atoms with van der Waals surface area (Å²) in [6, 6.07) is 0. The van der Waals surface area contributed by atoms with E-state index in [9.17, 15) is 0 Å². The van der Waals surface area contributed by atoms with Gasteiger partial charge in [-0.15, -0.1) is 0 Å². The van der Waals surface area contributed by atoms with Crippen molar-refractivity contribution in [3.63, 3.8) is 0 Å². The number of aryl methyl sites for hydroxylation is 3. The third-order valence-electron chi connectivity index (χ3n) is 2.91. The van der Waals surface area contributed by atoms with Crippen LogP contribution in [0, 0.1) is 20.8 Å². The van der Waals surface area contributed by atoms with E-state index in [1.54, 1.807) is 11.3 Å². The van der Waals surface area contributed by atoms with Crippen molar-refractivity contribution in [2.75, 3.05) is 6.54 Å². The molecule has 2 aromatic heterocycles. The normalized spacial score (nSPS) is 10.8. The van der Waals surface area contributed by atoms with Gasteiger partial charge in [0, 0.05) is 22.3 Å².